The van der Waals surface area contributed by atoms with E-state index < -0.39 is 0 Å². The van der Waals surface area contributed by atoms with Crippen LogP contribution in [-0.4, -0.2) is 0 Å². The van der Waals surface area contributed by atoms with Gasteiger partial charge in [-0.1, -0.05) is 63.2 Å². The lowest BCUT2D eigenvalue weighted by atomic mass is 9.82. The van der Waals surface area contributed by atoms with Crippen LogP contribution >= 0.6 is 0 Å². The molecule has 2 N–H and O–H groups in total. The number of hydrogen-bond acceptors (Lipinski definition) is 1. The Kier molecular flexibility index (Phi) is 2.30. The Hall–Kier alpha value is -2.28. The number of hydrogen-bond donors (Lipinski definition) is 1. The topological polar surface area (TPSA) is 26.0 Å². The van der Waals surface area contributed by atoms with E-state index >= 15 is 0 Å². The molecule has 21 heavy (non-hydrogen) atoms. The average Bonchev–Trinajstić information content (AvgIpc) is 2.45. The molecule has 0 saturated carbocycles. The summed E-state index contributed by atoms with van der Waals surface area (Å²) in [5.41, 5.74) is 8.72. The van der Waals surface area contributed by atoms with Gasteiger partial charge in [0.05, 0.1) is 0 Å². The Morgan fingerprint density at radius 1 is 0.762 bits per heavy atom. The minimum atomic E-state index is 0.0501. The normalized spacial score (nSPS) is 12.7. The molecule has 1 nitrogen and oxygen atoms in total. The van der Waals surface area contributed by atoms with E-state index in [1.165, 1.54) is 37.9 Å². The van der Waals surface area contributed by atoms with Crippen molar-refractivity contribution in [1.29, 1.82) is 0 Å². The fourth-order valence-electron chi connectivity index (χ4n) is 3.45. The third-order valence-electron chi connectivity index (χ3n) is 4.50. The van der Waals surface area contributed by atoms with Crippen LogP contribution in [0.25, 0.3) is 32.3 Å². The molecule has 0 amide bonds. The van der Waals surface area contributed by atoms with Gasteiger partial charge in [-0.3, -0.25) is 0 Å². The van der Waals surface area contributed by atoms with Gasteiger partial charge in [-0.2, -0.15) is 0 Å². The third kappa shape index (κ3) is 1.64. The van der Waals surface area contributed by atoms with Crippen LogP contribution < -0.4 is 5.73 Å². The molecule has 0 spiro atoms. The maximum absolute atomic E-state index is 6.52. The van der Waals surface area contributed by atoms with Gasteiger partial charge in [0, 0.05) is 11.1 Å². The Labute approximate surface area is 124 Å². The van der Waals surface area contributed by atoms with E-state index in [1.54, 1.807) is 0 Å². The molecule has 0 radical (unpaired) electrons. The van der Waals surface area contributed by atoms with Gasteiger partial charge in [-0.15, -0.1) is 0 Å². The van der Waals surface area contributed by atoms with Crippen LogP contribution in [0.15, 0.2) is 48.5 Å². The van der Waals surface area contributed by atoms with Crippen LogP contribution in [0.5, 0.6) is 0 Å². The van der Waals surface area contributed by atoms with E-state index in [-0.39, 0.29) is 5.41 Å². The fraction of sp³-hybridized carbons (Fsp3) is 0.200. The van der Waals surface area contributed by atoms with Crippen LogP contribution in [0.4, 0.5) is 5.69 Å². The second-order valence-corrected chi connectivity index (χ2v) is 6.94. The summed E-state index contributed by atoms with van der Waals surface area (Å²) in [5, 5.41) is 7.67. The zero-order valence-corrected chi connectivity index (χ0v) is 12.7. The van der Waals surface area contributed by atoms with Gasteiger partial charge in [-0.25, -0.2) is 0 Å². The first-order valence-electron chi connectivity index (χ1n) is 7.43. The molecule has 0 atom stereocenters. The zero-order chi connectivity index (χ0) is 14.8. The van der Waals surface area contributed by atoms with Gasteiger partial charge < -0.3 is 5.73 Å². The Bertz CT molecular complexity index is 958. The Balaban J connectivity index is 2.30. The monoisotopic (exact) mass is 273 g/mol. The van der Waals surface area contributed by atoms with Crippen molar-refractivity contribution in [1.82, 2.24) is 0 Å². The highest BCUT2D eigenvalue weighted by Crippen LogP contribution is 2.41. The molecule has 0 aliphatic carbocycles. The first-order chi connectivity index (χ1) is 9.97. The molecule has 0 aliphatic rings. The summed E-state index contributed by atoms with van der Waals surface area (Å²) in [6, 6.07) is 17.5. The van der Waals surface area contributed by atoms with Crippen molar-refractivity contribution in [3.8, 4) is 0 Å². The van der Waals surface area contributed by atoms with Crippen LogP contribution in [-0.2, 0) is 5.41 Å². The standard InChI is InChI=1S/C20H19N/c1-20(2,3)16-11-14-8-7-12-5-4-6-13-9-10-15(19(16)21)18(14)17(12)13/h4-11H,21H2,1-3H3. The summed E-state index contributed by atoms with van der Waals surface area (Å²) in [6.45, 7) is 6.66. The Morgan fingerprint density at radius 2 is 1.38 bits per heavy atom. The van der Waals surface area contributed by atoms with Gasteiger partial charge >= 0.3 is 0 Å². The largest absolute Gasteiger partial charge is 0.398 e. The Morgan fingerprint density at radius 3 is 2.05 bits per heavy atom. The van der Waals surface area contributed by atoms with E-state index in [9.17, 15) is 0 Å². The SMILES string of the molecule is CC(C)(C)c1cc2ccc3cccc4ccc(c1N)c2c34. The predicted octanol–water partition coefficient (Wildman–Crippen LogP) is 5.46. The third-order valence-corrected chi connectivity index (χ3v) is 4.50. The van der Waals surface area contributed by atoms with Gasteiger partial charge in [-0.05, 0) is 44.0 Å². The molecule has 1 heteroatoms. The van der Waals surface area contributed by atoms with E-state index in [4.69, 9.17) is 5.73 Å². The summed E-state index contributed by atoms with van der Waals surface area (Å²) in [7, 11) is 0. The first kappa shape index (κ1) is 12.5. The van der Waals surface area contributed by atoms with Crippen molar-refractivity contribution < 1.29 is 0 Å². The maximum atomic E-state index is 6.52. The van der Waals surface area contributed by atoms with E-state index in [0.717, 1.165) is 5.69 Å². The van der Waals surface area contributed by atoms with Gasteiger partial charge in [0.25, 0.3) is 0 Å². The highest BCUT2D eigenvalue weighted by atomic mass is 14.6. The molecular formula is C20H19N. The lowest BCUT2D eigenvalue weighted by Gasteiger charge is -2.24. The smallest absolute Gasteiger partial charge is 0.0432 e. The highest BCUT2D eigenvalue weighted by molar-refractivity contribution is 6.25. The van der Waals surface area contributed by atoms with E-state index in [1.807, 2.05) is 0 Å². The number of nitrogens with two attached hydrogens (primary N) is 1. The molecule has 0 bridgehead atoms. The number of anilines is 1. The quantitative estimate of drug-likeness (QED) is 0.334. The second-order valence-electron chi connectivity index (χ2n) is 6.94. The summed E-state index contributed by atoms with van der Waals surface area (Å²) in [5.74, 6) is 0. The van der Waals surface area contributed by atoms with Crippen molar-refractivity contribution in [2.45, 2.75) is 26.2 Å². The molecule has 4 aromatic rings. The van der Waals surface area contributed by atoms with Crippen molar-refractivity contribution in [3.05, 3.63) is 54.1 Å². The number of rotatable bonds is 0. The van der Waals surface area contributed by atoms with Crippen molar-refractivity contribution >= 4 is 38.0 Å². The lowest BCUT2D eigenvalue weighted by molar-refractivity contribution is 0.594. The minimum absolute atomic E-state index is 0.0501. The van der Waals surface area contributed by atoms with Crippen molar-refractivity contribution in [2.75, 3.05) is 5.73 Å². The fourth-order valence-corrected chi connectivity index (χ4v) is 3.45. The van der Waals surface area contributed by atoms with Crippen LogP contribution in [0.1, 0.15) is 26.3 Å². The van der Waals surface area contributed by atoms with E-state index in [2.05, 4.69) is 69.3 Å². The van der Waals surface area contributed by atoms with Crippen LogP contribution in [0.3, 0.4) is 0 Å². The van der Waals surface area contributed by atoms with Crippen LogP contribution in [0.2, 0.25) is 0 Å². The summed E-state index contributed by atoms with van der Waals surface area (Å²) in [4.78, 5) is 0. The average molecular weight is 273 g/mol. The molecule has 0 aliphatic heterocycles. The lowest BCUT2D eigenvalue weighted by Crippen LogP contribution is -2.14. The highest BCUT2D eigenvalue weighted by Gasteiger charge is 2.20. The molecule has 4 rings (SSSR count). The maximum Gasteiger partial charge on any atom is 0.0432 e. The second kappa shape index (κ2) is 3.88. The van der Waals surface area contributed by atoms with Gasteiger partial charge in [0.2, 0.25) is 0 Å². The molecule has 0 aromatic heterocycles. The molecule has 0 fully saturated rings. The summed E-state index contributed by atoms with van der Waals surface area (Å²) in [6.07, 6.45) is 0. The number of nitrogen functional groups attached to an aromatic ring is 1. The molecule has 0 saturated heterocycles. The minimum Gasteiger partial charge on any atom is -0.398 e. The summed E-state index contributed by atoms with van der Waals surface area (Å²) >= 11 is 0. The first-order valence-corrected chi connectivity index (χ1v) is 7.43. The predicted molar refractivity (Wildman–Crippen MR) is 93.3 cm³/mol. The van der Waals surface area contributed by atoms with Crippen molar-refractivity contribution in [3.63, 3.8) is 0 Å². The van der Waals surface area contributed by atoms with Crippen molar-refractivity contribution in [2.24, 2.45) is 0 Å². The van der Waals surface area contributed by atoms with Crippen LogP contribution in [0, 0.1) is 0 Å². The molecule has 104 valence electrons. The van der Waals surface area contributed by atoms with E-state index in [0.29, 0.717) is 0 Å². The van der Waals surface area contributed by atoms with Gasteiger partial charge in [0.15, 0.2) is 0 Å². The zero-order valence-electron chi connectivity index (χ0n) is 12.7. The van der Waals surface area contributed by atoms with Gasteiger partial charge in [0.1, 0.15) is 0 Å². The summed E-state index contributed by atoms with van der Waals surface area (Å²) < 4.78 is 0. The number of benzene rings is 4. The molecule has 0 heterocycles. The molecule has 0 unspecified atom stereocenters. The molecule has 4 aromatic carbocycles. The molecular weight excluding hydrogens is 254 g/mol.